The van der Waals surface area contributed by atoms with Gasteiger partial charge >= 0.3 is 7.75 Å². The standard InChI is InChI=1S/C24H33N6O6PS/c1-24(2,14-31)23(32)38-11-10-34-37(33,29-12-17-6-4-3-5-7-17)35-13-18-8-9-19(36-18)30-16-28-20-21(25)26-15-27-22(20)30/h3-7,15-16,18-19,31H,8-14H2,1-2H3,(H,29,33)(H2,25,26,27)/t18-,19+,37?/m0/s1. The monoisotopic (exact) mass is 564 g/mol. The first-order valence-electron chi connectivity index (χ1n) is 12.3. The number of aromatic nitrogens is 4. The number of rotatable bonds is 13. The van der Waals surface area contributed by atoms with Crippen LogP contribution in [-0.4, -0.2) is 61.4 Å². The van der Waals surface area contributed by atoms with E-state index >= 15 is 0 Å². The van der Waals surface area contributed by atoms with Crippen molar-refractivity contribution in [3.05, 3.63) is 48.5 Å². The largest absolute Gasteiger partial charge is 0.405 e. The predicted molar refractivity (Wildman–Crippen MR) is 144 cm³/mol. The second kappa shape index (κ2) is 12.6. The highest BCUT2D eigenvalue weighted by Gasteiger charge is 2.33. The van der Waals surface area contributed by atoms with E-state index in [0.29, 0.717) is 29.8 Å². The van der Waals surface area contributed by atoms with Gasteiger partial charge in [-0.1, -0.05) is 42.1 Å². The fraction of sp³-hybridized carbons (Fsp3) is 0.500. The second-order valence-corrected chi connectivity index (χ2v) is 12.4. The van der Waals surface area contributed by atoms with Crippen molar-refractivity contribution < 1.29 is 28.3 Å². The third-order valence-corrected chi connectivity index (χ3v) is 8.80. The highest BCUT2D eigenvalue weighted by Crippen LogP contribution is 2.45. The number of benzene rings is 1. The van der Waals surface area contributed by atoms with Gasteiger partial charge in [0.05, 0.1) is 37.7 Å². The van der Waals surface area contributed by atoms with Crippen molar-refractivity contribution >= 4 is 41.6 Å². The molecule has 2 aromatic heterocycles. The Morgan fingerprint density at radius 2 is 2.05 bits per heavy atom. The van der Waals surface area contributed by atoms with Gasteiger partial charge in [0, 0.05) is 12.3 Å². The molecule has 0 aliphatic carbocycles. The molecule has 0 spiro atoms. The number of ether oxygens (including phenoxy) is 1. The Bertz CT molecular complexity index is 1280. The van der Waals surface area contributed by atoms with E-state index in [-0.39, 0.29) is 49.6 Å². The predicted octanol–water partition coefficient (Wildman–Crippen LogP) is 3.30. The van der Waals surface area contributed by atoms with E-state index < -0.39 is 13.2 Å². The highest BCUT2D eigenvalue weighted by molar-refractivity contribution is 8.13. The zero-order chi connectivity index (χ0) is 27.2. The van der Waals surface area contributed by atoms with Gasteiger partial charge in [0.2, 0.25) is 0 Å². The molecule has 0 bridgehead atoms. The lowest BCUT2D eigenvalue weighted by Crippen LogP contribution is -2.26. The lowest BCUT2D eigenvalue weighted by atomic mass is 9.97. The highest BCUT2D eigenvalue weighted by atomic mass is 32.2. The third-order valence-electron chi connectivity index (χ3n) is 6.06. The van der Waals surface area contributed by atoms with Gasteiger partial charge in [0.25, 0.3) is 0 Å². The average Bonchev–Trinajstić information content (AvgIpc) is 3.57. The molecule has 0 saturated carbocycles. The number of imidazole rings is 1. The second-order valence-electron chi connectivity index (χ2n) is 9.50. The summed E-state index contributed by atoms with van der Waals surface area (Å²) in [6.07, 6.45) is 3.71. The topological polar surface area (TPSA) is 164 Å². The minimum Gasteiger partial charge on any atom is -0.395 e. The van der Waals surface area contributed by atoms with Gasteiger partial charge in [-0.25, -0.2) is 24.6 Å². The molecule has 3 heterocycles. The van der Waals surface area contributed by atoms with Crippen LogP contribution in [0.25, 0.3) is 11.2 Å². The van der Waals surface area contributed by atoms with Crippen LogP contribution in [0.5, 0.6) is 0 Å². The molecule has 1 aliphatic heterocycles. The fourth-order valence-corrected chi connectivity index (χ4v) is 6.00. The quantitative estimate of drug-likeness (QED) is 0.205. The van der Waals surface area contributed by atoms with E-state index in [2.05, 4.69) is 20.0 Å². The van der Waals surface area contributed by atoms with E-state index in [1.807, 2.05) is 30.3 Å². The number of carbonyl (C=O) groups excluding carboxylic acids is 1. The summed E-state index contributed by atoms with van der Waals surface area (Å²) >= 11 is 1.03. The molecule has 1 unspecified atom stereocenters. The molecule has 14 heteroatoms. The first-order chi connectivity index (χ1) is 18.2. The molecular formula is C24H33N6O6PS. The van der Waals surface area contributed by atoms with E-state index in [4.69, 9.17) is 19.5 Å². The van der Waals surface area contributed by atoms with Gasteiger partial charge < -0.3 is 15.6 Å². The van der Waals surface area contributed by atoms with Crippen LogP contribution in [0.3, 0.4) is 0 Å². The summed E-state index contributed by atoms with van der Waals surface area (Å²) < 4.78 is 33.0. The molecule has 0 amide bonds. The van der Waals surface area contributed by atoms with E-state index in [1.165, 1.54) is 6.33 Å². The van der Waals surface area contributed by atoms with Crippen LogP contribution in [-0.2, 0) is 29.7 Å². The van der Waals surface area contributed by atoms with Crippen molar-refractivity contribution in [2.45, 2.75) is 45.6 Å². The van der Waals surface area contributed by atoms with Gasteiger partial charge in [0.15, 0.2) is 16.6 Å². The molecule has 1 fully saturated rings. The van der Waals surface area contributed by atoms with Gasteiger partial charge in [-0.3, -0.25) is 18.4 Å². The SMILES string of the molecule is CC(C)(CO)C(=O)SCCOP(=O)(NCc1ccccc1)OC[C@@H]1CC[C@H](n2cnc3c(N)ncnc32)O1. The van der Waals surface area contributed by atoms with Crippen LogP contribution < -0.4 is 10.8 Å². The number of aliphatic hydroxyl groups is 1. The lowest BCUT2D eigenvalue weighted by Gasteiger charge is -2.22. The number of hydrogen-bond donors (Lipinski definition) is 3. The number of aliphatic hydroxyl groups excluding tert-OH is 1. The van der Waals surface area contributed by atoms with E-state index in [1.54, 1.807) is 24.7 Å². The normalized spacial score (nSPS) is 19.6. The Hall–Kier alpha value is -2.38. The smallest absolute Gasteiger partial charge is 0.395 e. The molecule has 206 valence electrons. The number of hydrogen-bond acceptors (Lipinski definition) is 11. The van der Waals surface area contributed by atoms with Crippen LogP contribution in [0, 0.1) is 5.41 Å². The fourth-order valence-electron chi connectivity index (χ4n) is 3.74. The van der Waals surface area contributed by atoms with Gasteiger partial charge in [-0.15, -0.1) is 0 Å². The minimum absolute atomic E-state index is 0.0211. The maximum Gasteiger partial charge on any atom is 0.405 e. The summed E-state index contributed by atoms with van der Waals surface area (Å²) in [4.78, 5) is 24.8. The molecule has 1 aromatic carbocycles. The van der Waals surface area contributed by atoms with Crippen molar-refractivity contribution in [1.29, 1.82) is 0 Å². The van der Waals surface area contributed by atoms with Crippen molar-refractivity contribution in [1.82, 2.24) is 24.6 Å². The Morgan fingerprint density at radius 3 is 2.82 bits per heavy atom. The minimum atomic E-state index is -3.73. The Balaban J connectivity index is 1.34. The molecular weight excluding hydrogens is 531 g/mol. The number of nitrogens with two attached hydrogens (primary N) is 1. The molecule has 3 atom stereocenters. The molecule has 1 saturated heterocycles. The van der Waals surface area contributed by atoms with Gasteiger partial charge in [0.1, 0.15) is 18.1 Å². The maximum absolute atomic E-state index is 13.6. The summed E-state index contributed by atoms with van der Waals surface area (Å²) in [7, 11) is -3.73. The number of nitrogen functional groups attached to an aromatic ring is 1. The first-order valence-corrected chi connectivity index (χ1v) is 14.8. The maximum atomic E-state index is 13.6. The zero-order valence-corrected chi connectivity index (χ0v) is 23.1. The lowest BCUT2D eigenvalue weighted by molar-refractivity contribution is -0.119. The number of thioether (sulfide) groups is 1. The van der Waals surface area contributed by atoms with Crippen molar-refractivity contribution in [3.8, 4) is 0 Å². The third kappa shape index (κ3) is 7.17. The summed E-state index contributed by atoms with van der Waals surface area (Å²) in [6.45, 7) is 3.43. The number of carbonyl (C=O) groups is 1. The van der Waals surface area contributed by atoms with Crippen molar-refractivity contribution in [2.75, 3.05) is 31.3 Å². The van der Waals surface area contributed by atoms with Crippen LogP contribution in [0.4, 0.5) is 5.82 Å². The Labute approximate surface area is 225 Å². The van der Waals surface area contributed by atoms with Crippen molar-refractivity contribution in [3.63, 3.8) is 0 Å². The molecule has 4 rings (SSSR count). The van der Waals surface area contributed by atoms with Crippen LogP contribution in [0.2, 0.25) is 0 Å². The van der Waals surface area contributed by atoms with Crippen LogP contribution in [0.1, 0.15) is 38.5 Å². The van der Waals surface area contributed by atoms with Crippen LogP contribution >= 0.6 is 19.5 Å². The summed E-state index contributed by atoms with van der Waals surface area (Å²) in [5, 5.41) is 12.1. The number of anilines is 1. The first kappa shape index (κ1) is 28.6. The van der Waals surface area contributed by atoms with Gasteiger partial charge in [-0.05, 0) is 32.3 Å². The van der Waals surface area contributed by atoms with Crippen LogP contribution in [0.15, 0.2) is 43.0 Å². The molecule has 0 radical (unpaired) electrons. The molecule has 1 aliphatic rings. The Morgan fingerprint density at radius 1 is 1.26 bits per heavy atom. The molecule has 38 heavy (non-hydrogen) atoms. The Kier molecular flexibility index (Phi) is 9.53. The zero-order valence-electron chi connectivity index (χ0n) is 21.4. The van der Waals surface area contributed by atoms with E-state index in [9.17, 15) is 14.5 Å². The summed E-state index contributed by atoms with van der Waals surface area (Å²) in [6, 6.07) is 9.48. The summed E-state index contributed by atoms with van der Waals surface area (Å²) in [5.74, 6) is 0.567. The number of fused-ring (bicyclic) bond motifs is 1. The molecule has 4 N–H and O–H groups in total. The number of nitrogens with zero attached hydrogens (tertiary/aromatic N) is 4. The van der Waals surface area contributed by atoms with Crippen molar-refractivity contribution in [2.24, 2.45) is 5.41 Å². The molecule has 12 nitrogen and oxygen atoms in total. The van der Waals surface area contributed by atoms with E-state index in [0.717, 1.165) is 17.3 Å². The number of nitrogens with one attached hydrogen (secondary N) is 1. The average molecular weight is 565 g/mol. The van der Waals surface area contributed by atoms with Gasteiger partial charge in [-0.2, -0.15) is 0 Å². The molecule has 3 aromatic rings. The summed E-state index contributed by atoms with van der Waals surface area (Å²) in [5.41, 5.74) is 7.04.